The first-order chi connectivity index (χ1) is 7.18. The van der Waals surface area contributed by atoms with Gasteiger partial charge in [-0.3, -0.25) is 4.79 Å². The number of hydrogen-bond acceptors (Lipinski definition) is 1. The Bertz CT molecular complexity index is 298. The van der Waals surface area contributed by atoms with Gasteiger partial charge in [0.1, 0.15) is 8.96 Å². The van der Waals surface area contributed by atoms with Crippen LogP contribution in [-0.2, 0) is 11.2 Å². The predicted molar refractivity (Wildman–Crippen MR) is 66.4 cm³/mol. The molecular weight excluding hydrogens is 202 g/mol. The third kappa shape index (κ3) is 5.37. The van der Waals surface area contributed by atoms with E-state index in [1.807, 2.05) is 18.2 Å². The Morgan fingerprint density at radius 2 is 1.93 bits per heavy atom. The van der Waals surface area contributed by atoms with E-state index in [4.69, 9.17) is 0 Å². The summed E-state index contributed by atoms with van der Waals surface area (Å²) in [5, 5.41) is 0. The van der Waals surface area contributed by atoms with Crippen LogP contribution in [0.2, 0.25) is 13.1 Å². The molecule has 1 N–H and O–H groups in total. The molecule has 0 saturated carbocycles. The highest BCUT2D eigenvalue weighted by atomic mass is 28.3. The quantitative estimate of drug-likeness (QED) is 0.758. The van der Waals surface area contributed by atoms with Crippen LogP contribution in [0.1, 0.15) is 18.4 Å². The lowest BCUT2D eigenvalue weighted by molar-refractivity contribution is -0.119. The van der Waals surface area contributed by atoms with Gasteiger partial charge in [0, 0.05) is 6.42 Å². The third-order valence-corrected chi connectivity index (χ3v) is 3.06. The van der Waals surface area contributed by atoms with Crippen molar-refractivity contribution in [2.75, 3.05) is 0 Å². The van der Waals surface area contributed by atoms with E-state index in [1.54, 1.807) is 0 Å². The highest BCUT2D eigenvalue weighted by molar-refractivity contribution is 6.55. The lowest BCUT2D eigenvalue weighted by Gasteiger charge is -2.06. The highest BCUT2D eigenvalue weighted by Crippen LogP contribution is 2.04. The summed E-state index contributed by atoms with van der Waals surface area (Å²) in [4.78, 5) is 14.4. The molecule has 0 bridgehead atoms. The molecule has 0 spiro atoms. The minimum atomic E-state index is -0.944. The third-order valence-electron chi connectivity index (χ3n) is 2.16. The van der Waals surface area contributed by atoms with E-state index in [-0.39, 0.29) is 5.91 Å². The fourth-order valence-corrected chi connectivity index (χ4v) is 2.28. The average Bonchev–Trinajstić information content (AvgIpc) is 2.18. The predicted octanol–water partition coefficient (Wildman–Crippen LogP) is 2.11. The Kier molecular flexibility index (Phi) is 5.11. The number of nitrogens with one attached hydrogen (secondary N) is 1. The number of aryl methyl sites for hydroxylation is 1. The van der Waals surface area contributed by atoms with E-state index in [0.29, 0.717) is 6.42 Å². The Morgan fingerprint density at radius 3 is 2.53 bits per heavy atom. The summed E-state index contributed by atoms with van der Waals surface area (Å²) in [7, 11) is -0.944. The first-order valence-corrected chi connectivity index (χ1v) is 8.40. The van der Waals surface area contributed by atoms with Gasteiger partial charge in [0.25, 0.3) is 0 Å². The molecule has 82 valence electrons. The van der Waals surface area contributed by atoms with E-state index >= 15 is 0 Å². The van der Waals surface area contributed by atoms with Crippen LogP contribution < -0.4 is 4.98 Å². The summed E-state index contributed by atoms with van der Waals surface area (Å²) in [6.07, 6.45) is 2.59. The zero-order valence-electron chi connectivity index (χ0n) is 9.49. The van der Waals surface area contributed by atoms with Crippen molar-refractivity contribution in [1.82, 2.24) is 4.98 Å². The van der Waals surface area contributed by atoms with Crippen molar-refractivity contribution >= 4 is 14.9 Å². The van der Waals surface area contributed by atoms with Gasteiger partial charge in [-0.2, -0.15) is 0 Å². The van der Waals surface area contributed by atoms with Crippen LogP contribution in [0.4, 0.5) is 0 Å². The summed E-state index contributed by atoms with van der Waals surface area (Å²) < 4.78 is 0. The van der Waals surface area contributed by atoms with Crippen LogP contribution >= 0.6 is 0 Å². The standard InChI is InChI=1S/C12H19NOSi/c1-15(2)13-12(14)10-6-9-11-7-4-3-5-8-11/h3-5,7-8,15H,6,9-10H2,1-2H3,(H,13,14). The Morgan fingerprint density at radius 1 is 1.27 bits per heavy atom. The lowest BCUT2D eigenvalue weighted by Crippen LogP contribution is -2.33. The van der Waals surface area contributed by atoms with Crippen LogP contribution in [0.5, 0.6) is 0 Å². The summed E-state index contributed by atoms with van der Waals surface area (Å²) in [5.41, 5.74) is 1.31. The molecule has 0 fully saturated rings. The summed E-state index contributed by atoms with van der Waals surface area (Å²) in [6.45, 7) is 4.24. The minimum Gasteiger partial charge on any atom is -0.385 e. The first kappa shape index (κ1) is 12.0. The van der Waals surface area contributed by atoms with Crippen molar-refractivity contribution in [2.45, 2.75) is 32.4 Å². The second kappa shape index (κ2) is 6.40. The molecule has 0 aliphatic carbocycles. The molecule has 15 heavy (non-hydrogen) atoms. The lowest BCUT2D eigenvalue weighted by atomic mass is 10.1. The molecule has 0 aliphatic heterocycles. The minimum absolute atomic E-state index is 0.215. The summed E-state index contributed by atoms with van der Waals surface area (Å²) in [6, 6.07) is 10.3. The molecule has 0 unspecified atom stereocenters. The molecular formula is C12H19NOSi. The first-order valence-electron chi connectivity index (χ1n) is 5.52. The molecule has 2 nitrogen and oxygen atoms in total. The van der Waals surface area contributed by atoms with Crippen molar-refractivity contribution in [3.05, 3.63) is 35.9 Å². The van der Waals surface area contributed by atoms with Gasteiger partial charge in [0.2, 0.25) is 5.91 Å². The molecule has 1 aromatic carbocycles. The zero-order valence-corrected chi connectivity index (χ0v) is 10.6. The van der Waals surface area contributed by atoms with E-state index in [0.717, 1.165) is 12.8 Å². The van der Waals surface area contributed by atoms with Gasteiger partial charge in [-0.05, 0) is 18.4 Å². The number of amides is 1. The molecule has 3 heteroatoms. The topological polar surface area (TPSA) is 29.1 Å². The van der Waals surface area contributed by atoms with Crippen molar-refractivity contribution in [3.63, 3.8) is 0 Å². The van der Waals surface area contributed by atoms with Crippen molar-refractivity contribution in [3.8, 4) is 0 Å². The van der Waals surface area contributed by atoms with Crippen LogP contribution in [-0.4, -0.2) is 14.9 Å². The van der Waals surface area contributed by atoms with Crippen molar-refractivity contribution in [1.29, 1.82) is 0 Å². The molecule has 0 atom stereocenters. The Labute approximate surface area is 93.4 Å². The van der Waals surface area contributed by atoms with Gasteiger partial charge in [-0.25, -0.2) is 0 Å². The maximum absolute atomic E-state index is 11.4. The summed E-state index contributed by atoms with van der Waals surface area (Å²) >= 11 is 0. The maximum Gasteiger partial charge on any atom is 0.212 e. The van der Waals surface area contributed by atoms with Gasteiger partial charge in [-0.1, -0.05) is 43.4 Å². The van der Waals surface area contributed by atoms with Gasteiger partial charge in [0.05, 0.1) is 0 Å². The fourth-order valence-electron chi connectivity index (χ4n) is 1.49. The number of benzene rings is 1. The Hall–Kier alpha value is -1.09. The number of carbonyl (C=O) groups is 1. The van der Waals surface area contributed by atoms with Crippen LogP contribution in [0.15, 0.2) is 30.3 Å². The highest BCUT2D eigenvalue weighted by Gasteiger charge is 2.03. The normalized spacial score (nSPS) is 10.3. The molecule has 1 aromatic rings. The smallest absolute Gasteiger partial charge is 0.212 e. The number of rotatable bonds is 5. The fraction of sp³-hybridized carbons (Fsp3) is 0.417. The maximum atomic E-state index is 11.4. The van der Waals surface area contributed by atoms with E-state index < -0.39 is 8.96 Å². The molecule has 0 heterocycles. The number of carbonyl (C=O) groups excluding carboxylic acids is 1. The molecule has 1 rings (SSSR count). The molecule has 1 amide bonds. The second-order valence-electron chi connectivity index (χ2n) is 4.06. The van der Waals surface area contributed by atoms with Crippen LogP contribution in [0.25, 0.3) is 0 Å². The van der Waals surface area contributed by atoms with E-state index in [1.165, 1.54) is 5.56 Å². The van der Waals surface area contributed by atoms with Crippen LogP contribution in [0, 0.1) is 0 Å². The number of hydrogen-bond donors (Lipinski definition) is 1. The average molecular weight is 221 g/mol. The van der Waals surface area contributed by atoms with E-state index in [2.05, 4.69) is 30.2 Å². The SMILES string of the molecule is C[SiH](C)NC(=O)CCCc1ccccc1. The van der Waals surface area contributed by atoms with Crippen molar-refractivity contribution < 1.29 is 4.79 Å². The Balaban J connectivity index is 2.19. The van der Waals surface area contributed by atoms with E-state index in [9.17, 15) is 4.79 Å². The zero-order chi connectivity index (χ0) is 11.1. The second-order valence-corrected chi connectivity index (χ2v) is 6.66. The molecule has 0 aliphatic rings. The van der Waals surface area contributed by atoms with Crippen molar-refractivity contribution in [2.24, 2.45) is 0 Å². The van der Waals surface area contributed by atoms with Gasteiger partial charge in [0.15, 0.2) is 0 Å². The van der Waals surface area contributed by atoms with Gasteiger partial charge >= 0.3 is 0 Å². The molecule has 0 radical (unpaired) electrons. The summed E-state index contributed by atoms with van der Waals surface area (Å²) in [5.74, 6) is 0.215. The van der Waals surface area contributed by atoms with Crippen LogP contribution in [0.3, 0.4) is 0 Å². The monoisotopic (exact) mass is 221 g/mol. The molecule has 0 aromatic heterocycles. The largest absolute Gasteiger partial charge is 0.385 e. The van der Waals surface area contributed by atoms with Gasteiger partial charge in [-0.15, -0.1) is 0 Å². The molecule has 0 saturated heterocycles. The van der Waals surface area contributed by atoms with Gasteiger partial charge < -0.3 is 4.98 Å².